The molecule has 5 heteroatoms. The summed E-state index contributed by atoms with van der Waals surface area (Å²) in [6, 6.07) is 12.3. The molecular formula is C19H23NO3S. The lowest BCUT2D eigenvalue weighted by atomic mass is 10.1. The van der Waals surface area contributed by atoms with Gasteiger partial charge in [0.2, 0.25) is 0 Å². The summed E-state index contributed by atoms with van der Waals surface area (Å²) in [7, 11) is -3.68. The van der Waals surface area contributed by atoms with Gasteiger partial charge in [-0.3, -0.25) is 4.31 Å². The third kappa shape index (κ3) is 3.79. The van der Waals surface area contributed by atoms with E-state index in [1.54, 1.807) is 30.3 Å². The van der Waals surface area contributed by atoms with Crippen molar-refractivity contribution in [2.45, 2.75) is 25.7 Å². The highest BCUT2D eigenvalue weighted by molar-refractivity contribution is 7.92. The number of rotatable bonds is 7. The Morgan fingerprint density at radius 2 is 1.79 bits per heavy atom. The maximum absolute atomic E-state index is 13.1. The van der Waals surface area contributed by atoms with Crippen molar-refractivity contribution in [2.24, 2.45) is 0 Å². The van der Waals surface area contributed by atoms with E-state index < -0.39 is 10.0 Å². The molecule has 0 radical (unpaired) electrons. The second-order valence-corrected chi connectivity index (χ2v) is 7.38. The van der Waals surface area contributed by atoms with Crippen LogP contribution in [0.15, 0.2) is 60.0 Å². The van der Waals surface area contributed by atoms with E-state index in [1.165, 1.54) is 4.31 Å². The average molecular weight is 345 g/mol. The molecule has 128 valence electrons. The van der Waals surface area contributed by atoms with Gasteiger partial charge in [-0.15, -0.1) is 6.58 Å². The summed E-state index contributed by atoms with van der Waals surface area (Å²) in [6.45, 7) is 10.2. The number of nitrogens with zero attached hydrogens (tertiary/aromatic N) is 1. The maximum atomic E-state index is 13.1. The van der Waals surface area contributed by atoms with Crippen LogP contribution in [0.25, 0.3) is 0 Å². The summed E-state index contributed by atoms with van der Waals surface area (Å²) in [5.74, 6) is 0.651. The van der Waals surface area contributed by atoms with Gasteiger partial charge in [0, 0.05) is 0 Å². The van der Waals surface area contributed by atoms with Crippen LogP contribution in [0.5, 0.6) is 5.75 Å². The maximum Gasteiger partial charge on any atom is 0.264 e. The fraction of sp³-hybridized carbons (Fsp3) is 0.263. The van der Waals surface area contributed by atoms with Crippen LogP contribution in [0.3, 0.4) is 0 Å². The van der Waals surface area contributed by atoms with Crippen molar-refractivity contribution in [1.29, 1.82) is 0 Å². The first-order valence-corrected chi connectivity index (χ1v) is 9.28. The minimum Gasteiger partial charge on any atom is -0.494 e. The van der Waals surface area contributed by atoms with E-state index in [2.05, 4.69) is 6.58 Å². The molecule has 0 saturated heterocycles. The zero-order valence-electron chi connectivity index (χ0n) is 14.3. The summed E-state index contributed by atoms with van der Waals surface area (Å²) < 4.78 is 32.9. The lowest BCUT2D eigenvalue weighted by Gasteiger charge is -2.25. The number of sulfonamides is 1. The molecule has 4 nitrogen and oxygen atoms in total. The smallest absolute Gasteiger partial charge is 0.264 e. The minimum atomic E-state index is -3.68. The van der Waals surface area contributed by atoms with E-state index in [1.807, 2.05) is 39.0 Å². The number of anilines is 1. The Balaban J connectivity index is 2.48. The number of hydrogen-bond donors (Lipinski definition) is 0. The number of aryl methyl sites for hydroxylation is 2. The minimum absolute atomic E-state index is 0.208. The Morgan fingerprint density at radius 1 is 1.12 bits per heavy atom. The van der Waals surface area contributed by atoms with Crippen molar-refractivity contribution < 1.29 is 13.2 Å². The highest BCUT2D eigenvalue weighted by Gasteiger charge is 2.25. The molecule has 0 bridgehead atoms. The van der Waals surface area contributed by atoms with Gasteiger partial charge < -0.3 is 4.74 Å². The highest BCUT2D eigenvalue weighted by Crippen LogP contribution is 2.28. The lowest BCUT2D eigenvalue weighted by molar-refractivity contribution is 0.340. The van der Waals surface area contributed by atoms with Crippen molar-refractivity contribution in [3.05, 3.63) is 66.2 Å². The van der Waals surface area contributed by atoms with Gasteiger partial charge in [0.15, 0.2) is 0 Å². The quantitative estimate of drug-likeness (QED) is 0.710. The topological polar surface area (TPSA) is 46.6 Å². The van der Waals surface area contributed by atoms with Gasteiger partial charge in [-0.2, -0.15) is 0 Å². The van der Waals surface area contributed by atoms with Gasteiger partial charge in [-0.25, -0.2) is 8.42 Å². The first-order chi connectivity index (χ1) is 11.4. The van der Waals surface area contributed by atoms with Gasteiger partial charge in [0.25, 0.3) is 10.0 Å². The molecule has 0 amide bonds. The van der Waals surface area contributed by atoms with Crippen LogP contribution < -0.4 is 9.04 Å². The lowest BCUT2D eigenvalue weighted by Crippen LogP contribution is -2.31. The molecule has 0 spiro atoms. The van der Waals surface area contributed by atoms with Crippen LogP contribution in [0, 0.1) is 13.8 Å². The summed E-state index contributed by atoms with van der Waals surface area (Å²) in [4.78, 5) is 0.230. The van der Waals surface area contributed by atoms with E-state index >= 15 is 0 Å². The Hall–Kier alpha value is -2.27. The predicted molar refractivity (Wildman–Crippen MR) is 98.3 cm³/mol. The molecule has 0 aliphatic carbocycles. The highest BCUT2D eigenvalue weighted by atomic mass is 32.2. The zero-order chi connectivity index (χ0) is 17.7. The van der Waals surface area contributed by atoms with Gasteiger partial charge in [0.05, 0.1) is 23.7 Å². The van der Waals surface area contributed by atoms with Crippen LogP contribution >= 0.6 is 0 Å². The average Bonchev–Trinajstić information content (AvgIpc) is 2.56. The molecule has 2 aromatic rings. The van der Waals surface area contributed by atoms with E-state index in [0.29, 0.717) is 18.0 Å². The summed E-state index contributed by atoms with van der Waals surface area (Å²) in [6.07, 6.45) is 1.59. The van der Waals surface area contributed by atoms with Gasteiger partial charge in [-0.05, 0) is 62.2 Å². The fourth-order valence-electron chi connectivity index (χ4n) is 2.43. The van der Waals surface area contributed by atoms with Gasteiger partial charge in [-0.1, -0.05) is 18.2 Å². The van der Waals surface area contributed by atoms with Gasteiger partial charge in [0.1, 0.15) is 5.75 Å². The fourth-order valence-corrected chi connectivity index (χ4v) is 3.92. The molecule has 0 aliphatic rings. The Bertz CT molecular complexity index is 811. The van der Waals surface area contributed by atoms with E-state index in [9.17, 15) is 8.42 Å². The van der Waals surface area contributed by atoms with Crippen LogP contribution in [0.4, 0.5) is 5.69 Å². The van der Waals surface area contributed by atoms with Crippen molar-refractivity contribution >= 4 is 15.7 Å². The van der Waals surface area contributed by atoms with Gasteiger partial charge >= 0.3 is 0 Å². The zero-order valence-corrected chi connectivity index (χ0v) is 15.1. The van der Waals surface area contributed by atoms with Crippen LogP contribution in [-0.2, 0) is 10.0 Å². The third-order valence-corrected chi connectivity index (χ3v) is 5.44. The molecule has 0 fully saturated rings. The Kier molecular flexibility index (Phi) is 5.67. The molecule has 0 aromatic heterocycles. The number of ether oxygens (including phenoxy) is 1. The molecule has 0 heterocycles. The summed E-state index contributed by atoms with van der Waals surface area (Å²) >= 11 is 0. The van der Waals surface area contributed by atoms with Crippen LogP contribution in [-0.4, -0.2) is 21.6 Å². The van der Waals surface area contributed by atoms with Crippen molar-refractivity contribution in [3.8, 4) is 5.75 Å². The SMILES string of the molecule is C=CCN(c1cc(C)ccc1C)S(=O)(=O)c1ccc(OCC)cc1. The standard InChI is InChI=1S/C19H23NO3S/c1-5-13-20(19-14-15(3)7-8-16(19)4)24(21,22)18-11-9-17(10-12-18)23-6-2/h5,7-12,14H,1,6,13H2,2-4H3. The van der Waals surface area contributed by atoms with E-state index in [4.69, 9.17) is 4.74 Å². The molecule has 0 atom stereocenters. The van der Waals surface area contributed by atoms with Crippen molar-refractivity contribution in [1.82, 2.24) is 0 Å². The Morgan fingerprint density at radius 3 is 2.38 bits per heavy atom. The van der Waals surface area contributed by atoms with Crippen molar-refractivity contribution in [3.63, 3.8) is 0 Å². The molecule has 24 heavy (non-hydrogen) atoms. The molecule has 2 rings (SSSR count). The number of benzene rings is 2. The second-order valence-electron chi connectivity index (χ2n) is 5.52. The normalized spacial score (nSPS) is 11.1. The predicted octanol–water partition coefficient (Wildman–Crippen LogP) is 4.08. The number of hydrogen-bond acceptors (Lipinski definition) is 3. The first kappa shape index (κ1) is 18.1. The van der Waals surface area contributed by atoms with Crippen LogP contribution in [0.1, 0.15) is 18.1 Å². The third-order valence-electron chi connectivity index (χ3n) is 3.65. The van der Waals surface area contributed by atoms with Crippen LogP contribution in [0.2, 0.25) is 0 Å². The second kappa shape index (κ2) is 7.53. The molecule has 2 aromatic carbocycles. The van der Waals surface area contributed by atoms with E-state index in [-0.39, 0.29) is 11.4 Å². The molecule has 0 unspecified atom stereocenters. The Labute approximate surface area is 144 Å². The monoisotopic (exact) mass is 345 g/mol. The first-order valence-electron chi connectivity index (χ1n) is 7.84. The molecule has 0 saturated carbocycles. The molecule has 0 N–H and O–H groups in total. The largest absolute Gasteiger partial charge is 0.494 e. The summed E-state index contributed by atoms with van der Waals surface area (Å²) in [5.41, 5.74) is 2.58. The molecule has 0 aliphatic heterocycles. The van der Waals surface area contributed by atoms with Crippen molar-refractivity contribution in [2.75, 3.05) is 17.5 Å². The molecular weight excluding hydrogens is 322 g/mol. The van der Waals surface area contributed by atoms with E-state index in [0.717, 1.165) is 11.1 Å². The summed E-state index contributed by atoms with van der Waals surface area (Å²) in [5, 5.41) is 0.